The van der Waals surface area contributed by atoms with Crippen molar-refractivity contribution in [3.8, 4) is 0 Å². The lowest BCUT2D eigenvalue weighted by molar-refractivity contribution is 0.0891. The third-order valence-electron chi connectivity index (χ3n) is 4.65. The fourth-order valence-electron chi connectivity index (χ4n) is 3.24. The lowest BCUT2D eigenvalue weighted by atomic mass is 9.95. The topological polar surface area (TPSA) is 102 Å². The second-order valence-electron chi connectivity index (χ2n) is 6.63. The number of amides is 1. The molecule has 134 valence electrons. The van der Waals surface area contributed by atoms with Gasteiger partial charge in [0.05, 0.1) is 4.90 Å². The summed E-state index contributed by atoms with van der Waals surface area (Å²) in [6.45, 7) is 3.49. The first-order chi connectivity index (χ1) is 11.7. The van der Waals surface area contributed by atoms with E-state index in [9.17, 15) is 13.2 Å². The van der Waals surface area contributed by atoms with Crippen LogP contribution in [0.25, 0.3) is 0 Å². The molecule has 0 spiro atoms. The summed E-state index contributed by atoms with van der Waals surface area (Å²) in [4.78, 5) is 17.3. The van der Waals surface area contributed by atoms with Crippen LogP contribution in [-0.2, 0) is 15.4 Å². The minimum absolute atomic E-state index is 0.124. The van der Waals surface area contributed by atoms with Gasteiger partial charge in [0, 0.05) is 18.7 Å². The van der Waals surface area contributed by atoms with Crippen molar-refractivity contribution in [2.24, 2.45) is 0 Å². The molecule has 0 bridgehead atoms. The molecule has 0 radical (unpaired) electrons. The Labute approximate surface area is 146 Å². The number of hydrogen-bond donors (Lipinski definition) is 1. The lowest BCUT2D eigenvalue weighted by Gasteiger charge is -2.27. The van der Waals surface area contributed by atoms with Crippen molar-refractivity contribution in [1.82, 2.24) is 15.5 Å². The first kappa shape index (κ1) is 17.6. The highest BCUT2D eigenvalue weighted by Gasteiger charge is 2.41. The average molecular weight is 363 g/mol. The maximum Gasteiger partial charge on any atom is 0.252 e. The van der Waals surface area contributed by atoms with Gasteiger partial charge in [0.15, 0.2) is 15.7 Å². The number of carbonyl (C=O) groups excluding carboxylic acids is 1. The van der Waals surface area contributed by atoms with Crippen LogP contribution in [0.2, 0.25) is 0 Å². The summed E-state index contributed by atoms with van der Waals surface area (Å²) >= 11 is 0. The van der Waals surface area contributed by atoms with E-state index in [0.717, 1.165) is 31.9 Å². The first-order valence-electron chi connectivity index (χ1n) is 8.15. The molecule has 3 rings (SSSR count). The molecule has 0 saturated heterocycles. The SMILES string of the molecule is Cc1nc(C2(NC(=O)c3cc(S(C)(=O)=O)ccc3C)CCCC2)no1. The van der Waals surface area contributed by atoms with Gasteiger partial charge < -0.3 is 9.84 Å². The number of aromatic nitrogens is 2. The summed E-state index contributed by atoms with van der Waals surface area (Å²) in [5.41, 5.74) is 0.388. The Hall–Kier alpha value is -2.22. The fourth-order valence-corrected chi connectivity index (χ4v) is 3.88. The Balaban J connectivity index is 1.95. The van der Waals surface area contributed by atoms with Crippen molar-refractivity contribution in [2.75, 3.05) is 6.26 Å². The van der Waals surface area contributed by atoms with E-state index < -0.39 is 15.4 Å². The van der Waals surface area contributed by atoms with Crippen LogP contribution in [0.1, 0.15) is 53.3 Å². The van der Waals surface area contributed by atoms with Gasteiger partial charge in [-0.15, -0.1) is 0 Å². The smallest absolute Gasteiger partial charge is 0.252 e. The Morgan fingerprint density at radius 3 is 2.48 bits per heavy atom. The van der Waals surface area contributed by atoms with E-state index in [1.807, 2.05) is 0 Å². The van der Waals surface area contributed by atoms with Crippen molar-refractivity contribution in [3.05, 3.63) is 41.0 Å². The molecule has 1 aromatic carbocycles. The molecule has 1 aliphatic rings. The number of nitrogens with zero attached hydrogens (tertiary/aromatic N) is 2. The largest absolute Gasteiger partial charge is 0.340 e. The van der Waals surface area contributed by atoms with Gasteiger partial charge in [-0.25, -0.2) is 8.42 Å². The van der Waals surface area contributed by atoms with Gasteiger partial charge in [-0.3, -0.25) is 4.79 Å². The highest BCUT2D eigenvalue weighted by molar-refractivity contribution is 7.90. The van der Waals surface area contributed by atoms with Crippen molar-refractivity contribution >= 4 is 15.7 Å². The van der Waals surface area contributed by atoms with E-state index >= 15 is 0 Å². The number of carbonyl (C=O) groups is 1. The summed E-state index contributed by atoms with van der Waals surface area (Å²) in [7, 11) is -3.39. The number of aryl methyl sites for hydroxylation is 2. The van der Waals surface area contributed by atoms with E-state index in [1.54, 1.807) is 19.9 Å². The van der Waals surface area contributed by atoms with Gasteiger partial charge in [-0.2, -0.15) is 4.98 Å². The summed E-state index contributed by atoms with van der Waals surface area (Å²) in [6, 6.07) is 4.57. The van der Waals surface area contributed by atoms with Crippen LogP contribution in [0.4, 0.5) is 0 Å². The van der Waals surface area contributed by atoms with Crippen molar-refractivity contribution in [1.29, 1.82) is 0 Å². The molecule has 1 aliphatic carbocycles. The minimum atomic E-state index is -3.39. The van der Waals surface area contributed by atoms with Crippen LogP contribution in [0.3, 0.4) is 0 Å². The molecule has 1 aromatic heterocycles. The van der Waals surface area contributed by atoms with Gasteiger partial charge in [0.2, 0.25) is 5.89 Å². The lowest BCUT2D eigenvalue weighted by Crippen LogP contribution is -2.45. The van der Waals surface area contributed by atoms with E-state index in [1.165, 1.54) is 12.1 Å². The molecule has 7 nitrogen and oxygen atoms in total. The molecule has 1 N–H and O–H groups in total. The highest BCUT2D eigenvalue weighted by atomic mass is 32.2. The molecule has 0 aliphatic heterocycles. The van der Waals surface area contributed by atoms with Crippen LogP contribution in [-0.4, -0.2) is 30.7 Å². The highest BCUT2D eigenvalue weighted by Crippen LogP contribution is 2.37. The summed E-state index contributed by atoms with van der Waals surface area (Å²) in [5, 5.41) is 7.04. The maximum absolute atomic E-state index is 12.9. The molecular formula is C17H21N3O4S. The maximum atomic E-state index is 12.9. The second-order valence-corrected chi connectivity index (χ2v) is 8.64. The van der Waals surface area contributed by atoms with Crippen LogP contribution in [0.15, 0.2) is 27.6 Å². The molecule has 0 unspecified atom stereocenters. The van der Waals surface area contributed by atoms with Crippen LogP contribution in [0, 0.1) is 13.8 Å². The molecular weight excluding hydrogens is 342 g/mol. The van der Waals surface area contributed by atoms with Gasteiger partial charge in [0.25, 0.3) is 5.91 Å². The standard InChI is InChI=1S/C17H21N3O4S/c1-11-6-7-13(25(3,22)23)10-14(11)15(21)19-17(8-4-5-9-17)16-18-12(2)24-20-16/h6-7,10H,4-5,8-9H2,1-3H3,(H,19,21). The summed E-state index contributed by atoms with van der Waals surface area (Å²) in [6.07, 6.45) is 4.48. The van der Waals surface area contributed by atoms with Gasteiger partial charge >= 0.3 is 0 Å². The zero-order valence-electron chi connectivity index (χ0n) is 14.5. The Kier molecular flexibility index (Phi) is 4.40. The van der Waals surface area contributed by atoms with Crippen molar-refractivity contribution in [2.45, 2.75) is 50.0 Å². The zero-order valence-corrected chi connectivity index (χ0v) is 15.3. The molecule has 25 heavy (non-hydrogen) atoms. The second kappa shape index (κ2) is 6.25. The molecule has 1 amide bonds. The van der Waals surface area contributed by atoms with E-state index in [0.29, 0.717) is 22.8 Å². The number of hydrogen-bond acceptors (Lipinski definition) is 6. The van der Waals surface area contributed by atoms with Gasteiger partial charge in [-0.05, 0) is 37.5 Å². The monoisotopic (exact) mass is 363 g/mol. The molecule has 2 aromatic rings. The molecule has 8 heteroatoms. The molecule has 1 fully saturated rings. The van der Waals surface area contributed by atoms with Crippen LogP contribution < -0.4 is 5.32 Å². The average Bonchev–Trinajstić information content (AvgIpc) is 3.16. The number of sulfone groups is 1. The molecule has 1 saturated carbocycles. The first-order valence-corrected chi connectivity index (χ1v) is 10.0. The fraction of sp³-hybridized carbons (Fsp3) is 0.471. The molecule has 0 atom stereocenters. The van der Waals surface area contributed by atoms with Crippen molar-refractivity contribution in [3.63, 3.8) is 0 Å². The third kappa shape index (κ3) is 3.44. The Bertz CT molecular complexity index is 912. The van der Waals surface area contributed by atoms with E-state index in [4.69, 9.17) is 4.52 Å². The van der Waals surface area contributed by atoms with E-state index in [-0.39, 0.29) is 10.8 Å². The van der Waals surface area contributed by atoms with Gasteiger partial charge in [-0.1, -0.05) is 24.1 Å². The summed E-state index contributed by atoms with van der Waals surface area (Å²) < 4.78 is 28.7. The van der Waals surface area contributed by atoms with Crippen molar-refractivity contribution < 1.29 is 17.7 Å². The predicted octanol–water partition coefficient (Wildman–Crippen LogP) is 2.29. The van der Waals surface area contributed by atoms with Crippen LogP contribution in [0.5, 0.6) is 0 Å². The summed E-state index contributed by atoms with van der Waals surface area (Å²) in [5.74, 6) is 0.603. The minimum Gasteiger partial charge on any atom is -0.340 e. The van der Waals surface area contributed by atoms with Crippen LogP contribution >= 0.6 is 0 Å². The molecule has 1 heterocycles. The van der Waals surface area contributed by atoms with Gasteiger partial charge in [0.1, 0.15) is 5.54 Å². The Morgan fingerprint density at radius 2 is 1.92 bits per heavy atom. The number of nitrogens with one attached hydrogen (secondary N) is 1. The predicted molar refractivity (Wildman–Crippen MR) is 90.9 cm³/mol. The zero-order chi connectivity index (χ0) is 18.2. The number of rotatable bonds is 4. The van der Waals surface area contributed by atoms with E-state index in [2.05, 4.69) is 15.5 Å². The third-order valence-corrected chi connectivity index (χ3v) is 5.76. The Morgan fingerprint density at radius 1 is 1.24 bits per heavy atom. The normalized spacial score (nSPS) is 16.8. The number of benzene rings is 1. The quantitative estimate of drug-likeness (QED) is 0.894.